The van der Waals surface area contributed by atoms with E-state index >= 15 is 0 Å². The van der Waals surface area contributed by atoms with Gasteiger partial charge in [-0.2, -0.15) is 0 Å². The summed E-state index contributed by atoms with van der Waals surface area (Å²) >= 11 is 0. The van der Waals surface area contributed by atoms with Crippen molar-refractivity contribution in [2.45, 2.75) is 26.2 Å². The molecule has 6 nitrogen and oxygen atoms in total. The summed E-state index contributed by atoms with van der Waals surface area (Å²) in [6.07, 6.45) is 1.95. The molecule has 106 valence electrons. The van der Waals surface area contributed by atoms with Gasteiger partial charge in [-0.25, -0.2) is 0 Å². The second-order valence-electron chi connectivity index (χ2n) is 3.86. The van der Waals surface area contributed by atoms with Gasteiger partial charge in [0.15, 0.2) is 0 Å². The van der Waals surface area contributed by atoms with Crippen LogP contribution in [0.5, 0.6) is 0 Å². The molecule has 1 amide bonds. The Labute approximate surface area is 108 Å². The molecular formula is C12H24N2O4. The first-order valence-corrected chi connectivity index (χ1v) is 6.28. The molecule has 2 N–H and O–H groups in total. The fourth-order valence-corrected chi connectivity index (χ4v) is 1.43. The van der Waals surface area contributed by atoms with Gasteiger partial charge in [-0.3, -0.25) is 9.59 Å². The first kappa shape index (κ1) is 16.9. The van der Waals surface area contributed by atoms with Crippen molar-refractivity contribution >= 4 is 11.9 Å². The van der Waals surface area contributed by atoms with E-state index in [9.17, 15) is 9.59 Å². The van der Waals surface area contributed by atoms with Gasteiger partial charge in [-0.05, 0) is 26.3 Å². The number of unbranched alkanes of at least 4 members (excludes halogenated alkanes) is 1. The quantitative estimate of drug-likeness (QED) is 0.447. The molecule has 6 heteroatoms. The van der Waals surface area contributed by atoms with E-state index in [0.29, 0.717) is 32.7 Å². The van der Waals surface area contributed by atoms with Crippen LogP contribution in [0.1, 0.15) is 26.2 Å². The van der Waals surface area contributed by atoms with Crippen molar-refractivity contribution in [3.05, 3.63) is 0 Å². The Morgan fingerprint density at radius 2 is 2.00 bits per heavy atom. The van der Waals surface area contributed by atoms with E-state index in [0.717, 1.165) is 12.8 Å². The van der Waals surface area contributed by atoms with Crippen LogP contribution in [0.3, 0.4) is 0 Å². The number of carbonyl (C=O) groups excluding carboxylic acids is 2. The summed E-state index contributed by atoms with van der Waals surface area (Å²) in [5.74, 6) is -0.450. The molecule has 0 fully saturated rings. The number of amides is 1. The molecule has 0 unspecified atom stereocenters. The molecular weight excluding hydrogens is 236 g/mol. The molecule has 0 saturated heterocycles. The normalized spacial score (nSPS) is 10.2. The Balaban J connectivity index is 4.18. The molecule has 0 bridgehead atoms. The fourth-order valence-electron chi connectivity index (χ4n) is 1.43. The van der Waals surface area contributed by atoms with Crippen molar-refractivity contribution in [3.63, 3.8) is 0 Å². The van der Waals surface area contributed by atoms with E-state index in [1.165, 1.54) is 4.90 Å². The Morgan fingerprint density at radius 3 is 2.56 bits per heavy atom. The van der Waals surface area contributed by atoms with Crippen molar-refractivity contribution in [2.75, 3.05) is 40.0 Å². The van der Waals surface area contributed by atoms with Gasteiger partial charge in [0.05, 0.1) is 13.2 Å². The lowest BCUT2D eigenvalue weighted by atomic mass is 10.2. The average Bonchev–Trinajstić information content (AvgIpc) is 2.34. The van der Waals surface area contributed by atoms with Crippen LogP contribution in [0, 0.1) is 0 Å². The van der Waals surface area contributed by atoms with Crippen LogP contribution in [0.2, 0.25) is 0 Å². The van der Waals surface area contributed by atoms with Gasteiger partial charge >= 0.3 is 5.97 Å². The predicted molar refractivity (Wildman–Crippen MR) is 68.0 cm³/mol. The first-order chi connectivity index (χ1) is 8.65. The molecule has 0 aliphatic rings. The van der Waals surface area contributed by atoms with E-state index in [-0.39, 0.29) is 18.4 Å². The summed E-state index contributed by atoms with van der Waals surface area (Å²) in [5, 5.41) is 0. The summed E-state index contributed by atoms with van der Waals surface area (Å²) < 4.78 is 9.76. The van der Waals surface area contributed by atoms with Gasteiger partial charge in [-0.15, -0.1) is 0 Å². The van der Waals surface area contributed by atoms with Crippen LogP contribution < -0.4 is 5.73 Å². The maximum absolute atomic E-state index is 11.9. The van der Waals surface area contributed by atoms with Crippen molar-refractivity contribution in [2.24, 2.45) is 5.73 Å². The number of methoxy groups -OCH3 is 1. The molecule has 0 aromatic carbocycles. The van der Waals surface area contributed by atoms with Gasteiger partial charge in [0.25, 0.3) is 0 Å². The molecule has 0 aliphatic heterocycles. The zero-order valence-corrected chi connectivity index (χ0v) is 11.3. The molecule has 0 aliphatic carbocycles. The Kier molecular flexibility index (Phi) is 10.3. The fraction of sp³-hybridized carbons (Fsp3) is 0.833. The smallest absolute Gasteiger partial charge is 0.325 e. The highest BCUT2D eigenvalue weighted by Crippen LogP contribution is 2.01. The third kappa shape index (κ3) is 8.03. The van der Waals surface area contributed by atoms with E-state index in [2.05, 4.69) is 0 Å². The number of ether oxygens (including phenoxy) is 2. The molecule has 0 atom stereocenters. The topological polar surface area (TPSA) is 81.9 Å². The minimum Gasteiger partial charge on any atom is -0.465 e. The maximum atomic E-state index is 11.9. The molecule has 0 aromatic rings. The zero-order valence-electron chi connectivity index (χ0n) is 11.3. The number of hydrogen-bond donors (Lipinski definition) is 1. The second kappa shape index (κ2) is 11.0. The van der Waals surface area contributed by atoms with Crippen LogP contribution >= 0.6 is 0 Å². The summed E-state index contributed by atoms with van der Waals surface area (Å²) in [7, 11) is 1.56. The lowest BCUT2D eigenvalue weighted by Gasteiger charge is -2.21. The lowest BCUT2D eigenvalue weighted by Crippen LogP contribution is -2.38. The molecule has 0 rings (SSSR count). The number of carbonyl (C=O) groups is 2. The minimum atomic E-state index is -0.388. The van der Waals surface area contributed by atoms with E-state index in [1.807, 2.05) is 0 Å². The molecule has 0 saturated carbocycles. The lowest BCUT2D eigenvalue weighted by molar-refractivity contribution is -0.149. The summed E-state index contributed by atoms with van der Waals surface area (Å²) in [5.41, 5.74) is 5.37. The molecule has 0 aromatic heterocycles. The van der Waals surface area contributed by atoms with Crippen LogP contribution in [0.4, 0.5) is 0 Å². The van der Waals surface area contributed by atoms with Crippen LogP contribution in [0.15, 0.2) is 0 Å². The third-order valence-corrected chi connectivity index (χ3v) is 2.39. The monoisotopic (exact) mass is 260 g/mol. The van der Waals surface area contributed by atoms with Crippen LogP contribution in [-0.4, -0.2) is 56.7 Å². The summed E-state index contributed by atoms with van der Waals surface area (Å²) in [6.45, 7) is 3.42. The molecule has 0 spiro atoms. The van der Waals surface area contributed by atoms with Crippen molar-refractivity contribution in [1.82, 2.24) is 4.90 Å². The predicted octanol–water partition coefficient (Wildman–Crippen LogP) is 0.154. The van der Waals surface area contributed by atoms with Gasteiger partial charge in [0, 0.05) is 20.1 Å². The number of nitrogens with zero attached hydrogens (tertiary/aromatic N) is 1. The number of hydrogen-bond acceptors (Lipinski definition) is 5. The van der Waals surface area contributed by atoms with E-state index < -0.39 is 0 Å². The van der Waals surface area contributed by atoms with Gasteiger partial charge in [0.1, 0.15) is 6.54 Å². The molecule has 0 radical (unpaired) electrons. The van der Waals surface area contributed by atoms with Crippen LogP contribution in [-0.2, 0) is 19.1 Å². The zero-order chi connectivity index (χ0) is 13.8. The molecule has 0 heterocycles. The highest BCUT2D eigenvalue weighted by Gasteiger charge is 2.17. The van der Waals surface area contributed by atoms with Crippen LogP contribution in [0.25, 0.3) is 0 Å². The van der Waals surface area contributed by atoms with Gasteiger partial charge < -0.3 is 20.1 Å². The Morgan fingerprint density at radius 1 is 1.28 bits per heavy atom. The van der Waals surface area contributed by atoms with E-state index in [1.54, 1.807) is 14.0 Å². The van der Waals surface area contributed by atoms with Crippen molar-refractivity contribution in [3.8, 4) is 0 Å². The maximum Gasteiger partial charge on any atom is 0.325 e. The SMILES string of the molecule is CCOC(=O)CN(CCOC)C(=O)CCCCN. The second-order valence-corrected chi connectivity index (χ2v) is 3.86. The summed E-state index contributed by atoms with van der Waals surface area (Å²) in [6, 6.07) is 0. The Hall–Kier alpha value is -1.14. The first-order valence-electron chi connectivity index (χ1n) is 6.28. The molecule has 18 heavy (non-hydrogen) atoms. The largest absolute Gasteiger partial charge is 0.465 e. The standard InChI is InChI=1S/C12H24N2O4/c1-3-18-12(16)10-14(8-9-17-2)11(15)6-4-5-7-13/h3-10,13H2,1-2H3. The van der Waals surface area contributed by atoms with Crippen molar-refractivity contribution in [1.29, 1.82) is 0 Å². The number of nitrogens with two attached hydrogens (primary N) is 1. The van der Waals surface area contributed by atoms with Crippen molar-refractivity contribution < 1.29 is 19.1 Å². The highest BCUT2D eigenvalue weighted by molar-refractivity contribution is 5.82. The van der Waals surface area contributed by atoms with E-state index in [4.69, 9.17) is 15.2 Å². The summed E-state index contributed by atoms with van der Waals surface area (Å²) in [4.78, 5) is 24.7. The third-order valence-electron chi connectivity index (χ3n) is 2.39. The van der Waals surface area contributed by atoms with Gasteiger partial charge in [-0.1, -0.05) is 0 Å². The average molecular weight is 260 g/mol. The number of rotatable bonds is 10. The van der Waals surface area contributed by atoms with Gasteiger partial charge in [0.2, 0.25) is 5.91 Å². The number of esters is 1. The Bertz CT molecular complexity index is 246. The minimum absolute atomic E-state index is 0.0152. The highest BCUT2D eigenvalue weighted by atomic mass is 16.5.